The van der Waals surface area contributed by atoms with Gasteiger partial charge in [0.15, 0.2) is 11.8 Å². The summed E-state index contributed by atoms with van der Waals surface area (Å²) in [7, 11) is 1.80. The standard InChI is InChI=1S/C19H26N6/c1-20-19(22-12-8-16-6-3-2-4-7-16)23-15-17-9-11-21-18(14-17)25-13-5-10-24-25/h5-6,9-11,13-14H,2-4,7-8,12,15H2,1H3,(H2,20,22,23). The van der Waals surface area contributed by atoms with Crippen LogP contribution in [0.2, 0.25) is 0 Å². The fourth-order valence-corrected chi connectivity index (χ4v) is 2.98. The third kappa shape index (κ3) is 5.17. The van der Waals surface area contributed by atoms with Gasteiger partial charge in [0, 0.05) is 38.7 Å². The van der Waals surface area contributed by atoms with Crippen LogP contribution < -0.4 is 10.6 Å². The number of allylic oxidation sites excluding steroid dienone is 1. The van der Waals surface area contributed by atoms with Crippen molar-refractivity contribution in [1.29, 1.82) is 0 Å². The van der Waals surface area contributed by atoms with Gasteiger partial charge in [-0.05, 0) is 55.9 Å². The number of nitrogens with zero attached hydrogens (tertiary/aromatic N) is 4. The monoisotopic (exact) mass is 338 g/mol. The third-order valence-electron chi connectivity index (χ3n) is 4.36. The van der Waals surface area contributed by atoms with E-state index in [-0.39, 0.29) is 0 Å². The smallest absolute Gasteiger partial charge is 0.191 e. The average molecular weight is 338 g/mol. The van der Waals surface area contributed by atoms with Gasteiger partial charge in [0.1, 0.15) is 0 Å². The molecule has 2 aromatic rings. The van der Waals surface area contributed by atoms with Crippen LogP contribution in [0.1, 0.15) is 37.7 Å². The number of rotatable bonds is 6. The van der Waals surface area contributed by atoms with Crippen LogP contribution in [0.15, 0.2) is 53.4 Å². The fraction of sp³-hybridized carbons (Fsp3) is 0.421. The third-order valence-corrected chi connectivity index (χ3v) is 4.36. The minimum atomic E-state index is 0.694. The van der Waals surface area contributed by atoms with E-state index in [0.29, 0.717) is 6.54 Å². The predicted octanol–water partition coefficient (Wildman–Crippen LogP) is 2.82. The first-order valence-electron chi connectivity index (χ1n) is 8.92. The summed E-state index contributed by atoms with van der Waals surface area (Å²) in [6, 6.07) is 5.92. The van der Waals surface area contributed by atoms with Crippen molar-refractivity contribution in [2.75, 3.05) is 13.6 Å². The van der Waals surface area contributed by atoms with E-state index in [1.54, 1.807) is 29.7 Å². The topological polar surface area (TPSA) is 67.1 Å². The minimum Gasteiger partial charge on any atom is -0.356 e. The molecule has 0 unspecified atom stereocenters. The quantitative estimate of drug-likeness (QED) is 0.483. The van der Waals surface area contributed by atoms with Gasteiger partial charge in [-0.2, -0.15) is 5.10 Å². The highest BCUT2D eigenvalue weighted by Crippen LogP contribution is 2.19. The van der Waals surface area contributed by atoms with Gasteiger partial charge in [0.05, 0.1) is 0 Å². The molecule has 0 atom stereocenters. The summed E-state index contributed by atoms with van der Waals surface area (Å²) in [5, 5.41) is 11.0. The Morgan fingerprint density at radius 1 is 1.28 bits per heavy atom. The van der Waals surface area contributed by atoms with E-state index in [9.17, 15) is 0 Å². The molecule has 3 rings (SSSR count). The highest BCUT2D eigenvalue weighted by molar-refractivity contribution is 5.79. The Bertz CT molecular complexity index is 717. The Kier molecular flexibility index (Phi) is 6.20. The largest absolute Gasteiger partial charge is 0.356 e. The summed E-state index contributed by atoms with van der Waals surface area (Å²) in [5.41, 5.74) is 2.71. The van der Waals surface area contributed by atoms with Crippen LogP contribution in [-0.4, -0.2) is 34.3 Å². The molecule has 1 aliphatic carbocycles. The van der Waals surface area contributed by atoms with Gasteiger partial charge in [0.25, 0.3) is 0 Å². The van der Waals surface area contributed by atoms with Gasteiger partial charge in [-0.15, -0.1) is 0 Å². The molecule has 0 fully saturated rings. The molecule has 2 N–H and O–H groups in total. The molecule has 2 aromatic heterocycles. The molecular weight excluding hydrogens is 312 g/mol. The molecule has 0 bridgehead atoms. The lowest BCUT2D eigenvalue weighted by atomic mass is 9.97. The Morgan fingerprint density at radius 3 is 3.00 bits per heavy atom. The molecule has 0 saturated heterocycles. The van der Waals surface area contributed by atoms with Crippen molar-refractivity contribution >= 4 is 5.96 Å². The van der Waals surface area contributed by atoms with Crippen LogP contribution in [0, 0.1) is 0 Å². The first-order chi connectivity index (χ1) is 12.3. The van der Waals surface area contributed by atoms with E-state index in [4.69, 9.17) is 0 Å². The van der Waals surface area contributed by atoms with Crippen molar-refractivity contribution < 1.29 is 0 Å². The lowest BCUT2D eigenvalue weighted by Gasteiger charge is -2.15. The molecule has 0 spiro atoms. The number of aliphatic imine (C=N–C) groups is 1. The lowest BCUT2D eigenvalue weighted by Crippen LogP contribution is -2.37. The number of hydrogen-bond donors (Lipinski definition) is 2. The lowest BCUT2D eigenvalue weighted by molar-refractivity contribution is 0.665. The molecule has 0 aliphatic heterocycles. The van der Waals surface area contributed by atoms with Crippen molar-refractivity contribution in [3.63, 3.8) is 0 Å². The summed E-state index contributed by atoms with van der Waals surface area (Å²) in [6.07, 6.45) is 14.1. The molecule has 0 radical (unpaired) electrons. The van der Waals surface area contributed by atoms with Crippen LogP contribution in [0.3, 0.4) is 0 Å². The summed E-state index contributed by atoms with van der Waals surface area (Å²) in [4.78, 5) is 8.65. The van der Waals surface area contributed by atoms with E-state index in [1.807, 2.05) is 24.4 Å². The Morgan fingerprint density at radius 2 is 2.24 bits per heavy atom. The number of guanidine groups is 1. The Hall–Kier alpha value is -2.63. The van der Waals surface area contributed by atoms with Gasteiger partial charge in [-0.3, -0.25) is 4.99 Å². The van der Waals surface area contributed by atoms with E-state index in [0.717, 1.165) is 30.3 Å². The van der Waals surface area contributed by atoms with Crippen LogP contribution in [0.25, 0.3) is 5.82 Å². The molecule has 0 amide bonds. The molecule has 1 aliphatic rings. The average Bonchev–Trinajstić information content (AvgIpc) is 3.20. The van der Waals surface area contributed by atoms with Crippen LogP contribution in [0.5, 0.6) is 0 Å². The zero-order valence-electron chi connectivity index (χ0n) is 14.8. The normalized spacial score (nSPS) is 14.9. The minimum absolute atomic E-state index is 0.694. The predicted molar refractivity (Wildman–Crippen MR) is 101 cm³/mol. The van der Waals surface area contributed by atoms with Crippen LogP contribution >= 0.6 is 0 Å². The number of nitrogens with one attached hydrogen (secondary N) is 2. The van der Waals surface area contributed by atoms with E-state index < -0.39 is 0 Å². The summed E-state index contributed by atoms with van der Waals surface area (Å²) < 4.78 is 1.76. The molecular formula is C19H26N6. The number of aromatic nitrogens is 3. The number of hydrogen-bond acceptors (Lipinski definition) is 3. The van der Waals surface area contributed by atoms with Gasteiger partial charge in [0.2, 0.25) is 0 Å². The van der Waals surface area contributed by atoms with Crippen molar-refractivity contribution in [3.8, 4) is 5.82 Å². The Labute approximate surface area is 149 Å². The van der Waals surface area contributed by atoms with Crippen LogP contribution in [-0.2, 0) is 6.54 Å². The molecule has 0 saturated carbocycles. The van der Waals surface area contributed by atoms with Gasteiger partial charge < -0.3 is 10.6 Å². The molecule has 6 nitrogen and oxygen atoms in total. The van der Waals surface area contributed by atoms with Crippen molar-refractivity contribution in [2.24, 2.45) is 4.99 Å². The second-order valence-corrected chi connectivity index (χ2v) is 6.18. The first kappa shape index (κ1) is 17.2. The van der Waals surface area contributed by atoms with Gasteiger partial charge in [-0.25, -0.2) is 9.67 Å². The highest BCUT2D eigenvalue weighted by Gasteiger charge is 2.05. The van der Waals surface area contributed by atoms with Gasteiger partial charge >= 0.3 is 0 Å². The van der Waals surface area contributed by atoms with Crippen LogP contribution in [0.4, 0.5) is 0 Å². The number of pyridine rings is 1. The second kappa shape index (κ2) is 9.01. The zero-order valence-corrected chi connectivity index (χ0v) is 14.8. The first-order valence-corrected chi connectivity index (χ1v) is 8.92. The van der Waals surface area contributed by atoms with Crippen molar-refractivity contribution in [1.82, 2.24) is 25.4 Å². The molecule has 0 aromatic carbocycles. The van der Waals surface area contributed by atoms with Gasteiger partial charge in [-0.1, -0.05) is 11.6 Å². The molecule has 25 heavy (non-hydrogen) atoms. The molecule has 2 heterocycles. The molecule has 6 heteroatoms. The summed E-state index contributed by atoms with van der Waals surface area (Å²) in [6.45, 7) is 1.61. The van der Waals surface area contributed by atoms with E-state index >= 15 is 0 Å². The zero-order chi connectivity index (χ0) is 17.3. The highest BCUT2D eigenvalue weighted by atomic mass is 15.3. The maximum absolute atomic E-state index is 4.35. The maximum Gasteiger partial charge on any atom is 0.191 e. The maximum atomic E-state index is 4.35. The summed E-state index contributed by atoms with van der Waals surface area (Å²) in [5.74, 6) is 1.64. The van der Waals surface area contributed by atoms with E-state index in [1.165, 1.54) is 25.7 Å². The molecule has 132 valence electrons. The van der Waals surface area contributed by atoms with Crippen molar-refractivity contribution in [2.45, 2.75) is 38.6 Å². The van der Waals surface area contributed by atoms with Crippen molar-refractivity contribution in [3.05, 3.63) is 54.0 Å². The fourth-order valence-electron chi connectivity index (χ4n) is 2.98. The SMILES string of the molecule is CN=C(NCCC1=CCCCC1)NCc1ccnc(-n2cccn2)c1. The Balaban J connectivity index is 1.48. The summed E-state index contributed by atoms with van der Waals surface area (Å²) >= 11 is 0. The second-order valence-electron chi connectivity index (χ2n) is 6.18. The van der Waals surface area contributed by atoms with E-state index in [2.05, 4.69) is 31.8 Å².